The Balaban J connectivity index is 3.04. The van der Waals surface area contributed by atoms with Gasteiger partial charge in [0.2, 0.25) is 11.9 Å². The second-order valence-corrected chi connectivity index (χ2v) is 3.81. The van der Waals surface area contributed by atoms with Crippen LogP contribution in [0.1, 0.15) is 13.8 Å². The minimum absolute atomic E-state index is 0.393. The average Bonchev–Trinajstić information content (AvgIpc) is 2.35. The molecule has 0 saturated heterocycles. The number of carbonyl (C=O) groups is 1. The summed E-state index contributed by atoms with van der Waals surface area (Å²) in [5.74, 6) is 8.94. The molecule has 0 aliphatic carbocycles. The van der Waals surface area contributed by atoms with Crippen molar-refractivity contribution in [2.24, 2.45) is 21.9 Å². The summed E-state index contributed by atoms with van der Waals surface area (Å²) in [6.45, 7) is 3.27. The third kappa shape index (κ3) is 3.71. The van der Waals surface area contributed by atoms with Gasteiger partial charge in [-0.25, -0.2) is 15.7 Å². The number of aliphatic imine (C=N–C) groups is 1. The molecule has 106 valence electrons. The van der Waals surface area contributed by atoms with Crippen LogP contribution in [0.2, 0.25) is 0 Å². The lowest BCUT2D eigenvalue weighted by molar-refractivity contribution is -0.490. The Morgan fingerprint density at radius 3 is 2.74 bits per heavy atom. The van der Waals surface area contributed by atoms with Crippen LogP contribution in [-0.2, 0) is 19.3 Å². The topological polar surface area (TPSA) is 148 Å². The Hall–Kier alpha value is -2.04. The summed E-state index contributed by atoms with van der Waals surface area (Å²) in [5, 5.41) is 15.0. The number of ether oxygens (including phenoxy) is 1. The van der Waals surface area contributed by atoms with E-state index < -0.39 is 30.1 Å². The van der Waals surface area contributed by atoms with E-state index in [0.717, 1.165) is 6.21 Å². The predicted molar refractivity (Wildman–Crippen MR) is 65.0 cm³/mol. The van der Waals surface area contributed by atoms with Gasteiger partial charge in [-0.15, -0.1) is 5.90 Å². The van der Waals surface area contributed by atoms with E-state index in [1.54, 1.807) is 13.8 Å². The zero-order valence-electron chi connectivity index (χ0n) is 10.4. The third-order valence-corrected chi connectivity index (χ3v) is 2.11. The van der Waals surface area contributed by atoms with Gasteiger partial charge < -0.3 is 14.9 Å². The standard InChI is InChI=1S/C9H15N5O5/c1-5(2)17-9(15)6(13-19-11)7-8(18-10)12-3-4-14(7)16/h3-5,7-8H,10-11H2,1-2H3. The molecule has 1 aliphatic rings. The maximum Gasteiger partial charge on any atom is 0.363 e. The van der Waals surface area contributed by atoms with E-state index in [4.69, 9.17) is 16.5 Å². The van der Waals surface area contributed by atoms with Crippen LogP contribution in [0.15, 0.2) is 10.1 Å². The van der Waals surface area contributed by atoms with Crippen LogP contribution in [0.4, 0.5) is 0 Å². The van der Waals surface area contributed by atoms with Crippen LogP contribution in [0, 0.1) is 5.21 Å². The van der Waals surface area contributed by atoms with Crippen molar-refractivity contribution in [3.63, 3.8) is 0 Å². The highest BCUT2D eigenvalue weighted by molar-refractivity contribution is 6.38. The van der Waals surface area contributed by atoms with Gasteiger partial charge in [-0.3, -0.25) is 4.84 Å². The lowest BCUT2D eigenvalue weighted by atomic mass is 10.1. The van der Waals surface area contributed by atoms with E-state index in [-0.39, 0.29) is 0 Å². The van der Waals surface area contributed by atoms with E-state index in [1.807, 2.05) is 0 Å². The number of esters is 1. The number of hydroxylamine groups is 1. The first-order valence-electron chi connectivity index (χ1n) is 5.33. The molecule has 0 aromatic carbocycles. The predicted octanol–water partition coefficient (Wildman–Crippen LogP) is -1.57. The molecule has 0 radical (unpaired) electrons. The summed E-state index contributed by atoms with van der Waals surface area (Å²) in [6, 6.07) is -1.25. The SMILES string of the molecule is CC(C)OC(=O)C(=NON)C1C(ON)N=CC=[N+]1[O-]. The van der Waals surface area contributed by atoms with Gasteiger partial charge in [0.25, 0.3) is 6.04 Å². The Kier molecular flexibility index (Phi) is 5.36. The minimum Gasteiger partial charge on any atom is -0.623 e. The fourth-order valence-electron chi connectivity index (χ4n) is 1.40. The number of oxime groups is 1. The molecule has 1 heterocycles. The lowest BCUT2D eigenvalue weighted by Crippen LogP contribution is -2.49. The molecular formula is C9H15N5O5. The van der Waals surface area contributed by atoms with Gasteiger partial charge in [-0.05, 0) is 13.8 Å². The highest BCUT2D eigenvalue weighted by Crippen LogP contribution is 2.10. The summed E-state index contributed by atoms with van der Waals surface area (Å²) in [7, 11) is 0. The molecule has 0 saturated carbocycles. The quantitative estimate of drug-likeness (QED) is 0.202. The molecule has 4 N–H and O–H groups in total. The Morgan fingerprint density at radius 2 is 2.21 bits per heavy atom. The van der Waals surface area contributed by atoms with Gasteiger partial charge in [0.15, 0.2) is 6.21 Å². The molecule has 2 atom stereocenters. The normalized spacial score (nSPS) is 23.2. The van der Waals surface area contributed by atoms with Crippen molar-refractivity contribution in [3.8, 4) is 0 Å². The van der Waals surface area contributed by atoms with Crippen molar-refractivity contribution in [1.29, 1.82) is 0 Å². The van der Waals surface area contributed by atoms with Gasteiger partial charge in [-0.1, -0.05) is 5.16 Å². The number of hydrogen-bond donors (Lipinski definition) is 2. The number of carbonyl (C=O) groups excluding carboxylic acids is 1. The van der Waals surface area contributed by atoms with Crippen LogP contribution in [0.3, 0.4) is 0 Å². The second kappa shape index (κ2) is 6.78. The van der Waals surface area contributed by atoms with Crippen molar-refractivity contribution in [1.82, 2.24) is 0 Å². The summed E-state index contributed by atoms with van der Waals surface area (Å²) in [5.41, 5.74) is -0.394. The first kappa shape index (κ1) is 15.0. The lowest BCUT2D eigenvalue weighted by Gasteiger charge is -2.23. The van der Waals surface area contributed by atoms with Crippen LogP contribution in [0.25, 0.3) is 0 Å². The van der Waals surface area contributed by atoms with Crippen molar-refractivity contribution >= 4 is 24.1 Å². The van der Waals surface area contributed by atoms with Gasteiger partial charge in [0.05, 0.1) is 12.3 Å². The van der Waals surface area contributed by atoms with E-state index in [0.29, 0.717) is 4.74 Å². The second-order valence-electron chi connectivity index (χ2n) is 3.81. The molecule has 0 fully saturated rings. The highest BCUT2D eigenvalue weighted by atomic mass is 16.7. The molecule has 0 aromatic rings. The summed E-state index contributed by atoms with van der Waals surface area (Å²) < 4.78 is 5.32. The molecule has 1 rings (SSSR count). The van der Waals surface area contributed by atoms with Crippen molar-refractivity contribution < 1.29 is 24.0 Å². The zero-order chi connectivity index (χ0) is 14.4. The van der Waals surface area contributed by atoms with Crippen molar-refractivity contribution in [2.45, 2.75) is 32.2 Å². The van der Waals surface area contributed by atoms with E-state index in [1.165, 1.54) is 6.21 Å². The molecular weight excluding hydrogens is 258 g/mol. The minimum atomic E-state index is -1.25. The van der Waals surface area contributed by atoms with Gasteiger partial charge in [0.1, 0.15) is 0 Å². The Bertz CT molecular complexity index is 419. The summed E-state index contributed by atoms with van der Waals surface area (Å²) in [6.07, 6.45) is 0.727. The molecule has 19 heavy (non-hydrogen) atoms. The van der Waals surface area contributed by atoms with Gasteiger partial charge in [-0.2, -0.15) is 4.74 Å². The summed E-state index contributed by atoms with van der Waals surface area (Å²) in [4.78, 5) is 24.2. The largest absolute Gasteiger partial charge is 0.623 e. The number of nitrogens with two attached hydrogens (primary N) is 2. The zero-order valence-corrected chi connectivity index (χ0v) is 10.4. The Morgan fingerprint density at radius 1 is 1.53 bits per heavy atom. The fourth-order valence-corrected chi connectivity index (χ4v) is 1.40. The molecule has 0 aromatic heterocycles. The van der Waals surface area contributed by atoms with Crippen LogP contribution in [-0.4, -0.2) is 47.2 Å². The molecule has 10 heteroatoms. The van der Waals surface area contributed by atoms with E-state index >= 15 is 0 Å². The number of hydrogen-bond acceptors (Lipinski definition) is 9. The molecule has 10 nitrogen and oxygen atoms in total. The van der Waals surface area contributed by atoms with Gasteiger partial charge in [0, 0.05) is 0 Å². The van der Waals surface area contributed by atoms with Crippen LogP contribution in [0.5, 0.6) is 0 Å². The maximum absolute atomic E-state index is 11.8. The maximum atomic E-state index is 11.8. The van der Waals surface area contributed by atoms with Crippen LogP contribution < -0.4 is 11.8 Å². The van der Waals surface area contributed by atoms with Gasteiger partial charge >= 0.3 is 5.97 Å². The van der Waals surface area contributed by atoms with Crippen molar-refractivity contribution in [3.05, 3.63) is 5.21 Å². The van der Waals surface area contributed by atoms with Crippen LogP contribution >= 0.6 is 0 Å². The number of rotatable bonds is 5. The van der Waals surface area contributed by atoms with E-state index in [9.17, 15) is 10.0 Å². The first-order valence-corrected chi connectivity index (χ1v) is 5.33. The molecule has 0 spiro atoms. The smallest absolute Gasteiger partial charge is 0.363 e. The molecule has 2 unspecified atom stereocenters. The molecule has 0 bridgehead atoms. The monoisotopic (exact) mass is 273 g/mol. The Labute approximate surface area is 108 Å². The highest BCUT2D eigenvalue weighted by Gasteiger charge is 2.41. The first-order chi connectivity index (χ1) is 9.01. The summed E-state index contributed by atoms with van der Waals surface area (Å²) >= 11 is 0. The fraction of sp³-hybridized carbons (Fsp3) is 0.556. The number of nitrogens with zero attached hydrogens (tertiary/aromatic N) is 3. The average molecular weight is 273 g/mol. The third-order valence-electron chi connectivity index (χ3n) is 2.11. The molecule has 0 amide bonds. The molecule has 1 aliphatic heterocycles. The van der Waals surface area contributed by atoms with Crippen molar-refractivity contribution in [2.75, 3.05) is 0 Å². The van der Waals surface area contributed by atoms with E-state index in [2.05, 4.69) is 19.9 Å².